The van der Waals surface area contributed by atoms with Crippen molar-refractivity contribution in [2.45, 2.75) is 207 Å². The van der Waals surface area contributed by atoms with E-state index in [4.69, 9.17) is 31.9 Å². The highest BCUT2D eigenvalue weighted by Crippen LogP contribution is 2.13. The Hall–Kier alpha value is -2.01. The number of nitrogens with zero attached hydrogens (tertiary/aromatic N) is 1. The van der Waals surface area contributed by atoms with E-state index in [1.807, 2.05) is 6.92 Å². The van der Waals surface area contributed by atoms with Crippen LogP contribution in [0.5, 0.6) is 0 Å². The summed E-state index contributed by atoms with van der Waals surface area (Å²) in [7, 11) is 0. The van der Waals surface area contributed by atoms with E-state index in [0.29, 0.717) is 32.5 Å². The molecule has 0 aromatic carbocycles. The predicted molar refractivity (Wildman–Crippen MR) is 239 cm³/mol. The molecule has 0 radical (unpaired) electrons. The zero-order valence-corrected chi connectivity index (χ0v) is 37.3. The van der Waals surface area contributed by atoms with E-state index < -0.39 is 6.10 Å². The van der Waals surface area contributed by atoms with Crippen LogP contribution in [0, 0.1) is 0 Å². The van der Waals surface area contributed by atoms with Crippen LogP contribution in [-0.4, -0.2) is 89.4 Å². The topological polar surface area (TPSA) is 129 Å². The number of allylic oxidation sites excluding steroid dienone is 4. The SMILES string of the molecule is CCCCCCCCC=CCCCCCCCC(=O)OCC(CN(CC)C(O)=S)OC(=O)CCCCCCCC=CCCCCCCCC.OCCNCCO. The molecular weight excluding hydrogens is 725 g/mol. The van der Waals surface area contributed by atoms with Crippen molar-refractivity contribution >= 4 is 29.3 Å². The summed E-state index contributed by atoms with van der Waals surface area (Å²) in [5, 5.41) is 28.7. The highest BCUT2D eigenvalue weighted by atomic mass is 32.1. The molecule has 9 nitrogen and oxygen atoms in total. The Labute approximate surface area is 349 Å². The third kappa shape index (κ3) is 44.7. The maximum absolute atomic E-state index is 12.6. The maximum Gasteiger partial charge on any atom is 0.306 e. The van der Waals surface area contributed by atoms with Gasteiger partial charge in [0.05, 0.1) is 19.8 Å². The lowest BCUT2D eigenvalue weighted by Gasteiger charge is -2.25. The molecule has 56 heavy (non-hydrogen) atoms. The lowest BCUT2D eigenvalue weighted by molar-refractivity contribution is -0.159. The van der Waals surface area contributed by atoms with Crippen molar-refractivity contribution in [2.75, 3.05) is 46.0 Å². The first-order valence-corrected chi connectivity index (χ1v) is 23.3. The summed E-state index contributed by atoms with van der Waals surface area (Å²) in [6.07, 6.45) is 40.8. The van der Waals surface area contributed by atoms with Gasteiger partial charge in [-0.1, -0.05) is 141 Å². The van der Waals surface area contributed by atoms with Crippen LogP contribution in [0.1, 0.15) is 201 Å². The fraction of sp³-hybridized carbons (Fsp3) is 0.848. The van der Waals surface area contributed by atoms with Crippen molar-refractivity contribution in [1.29, 1.82) is 0 Å². The van der Waals surface area contributed by atoms with Gasteiger partial charge in [0, 0.05) is 32.5 Å². The van der Waals surface area contributed by atoms with Gasteiger partial charge >= 0.3 is 11.9 Å². The van der Waals surface area contributed by atoms with E-state index >= 15 is 0 Å². The molecule has 0 saturated carbocycles. The number of nitrogens with one attached hydrogen (secondary N) is 1. The number of esters is 2. The van der Waals surface area contributed by atoms with Crippen molar-refractivity contribution in [3.05, 3.63) is 24.3 Å². The number of thiocarbonyl (C=S) groups is 1. The van der Waals surface area contributed by atoms with Crippen molar-refractivity contribution in [2.24, 2.45) is 0 Å². The lowest BCUT2D eigenvalue weighted by atomic mass is 10.1. The second-order valence-corrected chi connectivity index (χ2v) is 15.3. The number of aliphatic hydroxyl groups is 3. The van der Waals surface area contributed by atoms with Crippen LogP contribution < -0.4 is 5.32 Å². The molecule has 330 valence electrons. The van der Waals surface area contributed by atoms with Gasteiger partial charge in [-0.2, -0.15) is 0 Å². The fourth-order valence-electron chi connectivity index (χ4n) is 6.18. The Morgan fingerprint density at radius 3 is 1.34 bits per heavy atom. The van der Waals surface area contributed by atoms with E-state index in [1.54, 1.807) is 4.90 Å². The van der Waals surface area contributed by atoms with Gasteiger partial charge in [-0.15, -0.1) is 0 Å². The molecule has 0 aromatic heterocycles. The highest BCUT2D eigenvalue weighted by molar-refractivity contribution is 7.79. The van der Waals surface area contributed by atoms with Crippen LogP contribution in [0.15, 0.2) is 24.3 Å². The molecule has 0 saturated heterocycles. The number of aliphatic hydroxyl groups excluding tert-OH is 3. The summed E-state index contributed by atoms with van der Waals surface area (Å²) in [5.74, 6) is -0.568. The average Bonchev–Trinajstić information content (AvgIpc) is 3.19. The predicted octanol–water partition coefficient (Wildman–Crippen LogP) is 11.2. The van der Waals surface area contributed by atoms with E-state index in [0.717, 1.165) is 51.4 Å². The van der Waals surface area contributed by atoms with Gasteiger partial charge in [0.2, 0.25) is 0 Å². The molecule has 1 unspecified atom stereocenters. The molecule has 0 spiro atoms. The second-order valence-electron chi connectivity index (χ2n) is 15.0. The molecule has 1 atom stereocenters. The van der Waals surface area contributed by atoms with E-state index in [1.165, 1.54) is 116 Å². The van der Waals surface area contributed by atoms with E-state index in [-0.39, 0.29) is 43.5 Å². The Morgan fingerprint density at radius 2 is 0.964 bits per heavy atom. The summed E-state index contributed by atoms with van der Waals surface area (Å²) in [5.41, 5.74) is 0. The van der Waals surface area contributed by atoms with Crippen LogP contribution in [0.4, 0.5) is 0 Å². The molecule has 0 bridgehead atoms. The van der Waals surface area contributed by atoms with Crippen LogP contribution in [0.2, 0.25) is 0 Å². The molecule has 0 aliphatic heterocycles. The van der Waals surface area contributed by atoms with Crippen LogP contribution >= 0.6 is 12.2 Å². The van der Waals surface area contributed by atoms with Gasteiger partial charge in [-0.25, -0.2) is 0 Å². The number of hydrogen-bond acceptors (Lipinski definition) is 8. The highest BCUT2D eigenvalue weighted by Gasteiger charge is 2.21. The van der Waals surface area contributed by atoms with Gasteiger partial charge in [-0.05, 0) is 83.3 Å². The Kier molecular flexibility index (Phi) is 47.4. The summed E-state index contributed by atoms with van der Waals surface area (Å²) < 4.78 is 11.2. The third-order valence-electron chi connectivity index (χ3n) is 9.67. The standard InChI is InChI=1S/C42H77NO5S.C4H11NO2/c1-4-7-9-11-13-15-17-19-21-23-25-27-29-31-33-35-40(44)47-38-39(37-43(6-3)42(46)49)48-41(45)36-34-32-30-28-26-24-22-20-18-16-14-12-10-8-5-2;6-3-1-5-2-4-7/h19-22,39H,4-18,23-38H2,1-3H3,(H,46,49);5-7H,1-4H2. The number of carbonyl (C=O) groups excluding carboxylic acids is 2. The van der Waals surface area contributed by atoms with Gasteiger partial charge in [0.15, 0.2) is 6.10 Å². The minimum atomic E-state index is -0.668. The van der Waals surface area contributed by atoms with Crippen LogP contribution in [0.25, 0.3) is 0 Å². The molecular formula is C46H88N2O7S. The fourth-order valence-corrected chi connectivity index (χ4v) is 6.38. The number of hydrogen-bond donors (Lipinski definition) is 4. The number of carbonyl (C=O) groups is 2. The van der Waals surface area contributed by atoms with Crippen molar-refractivity contribution in [3.8, 4) is 0 Å². The first kappa shape index (κ1) is 56.1. The average molecular weight is 813 g/mol. The Balaban J connectivity index is 0. The molecule has 0 heterocycles. The van der Waals surface area contributed by atoms with Crippen molar-refractivity contribution in [1.82, 2.24) is 10.2 Å². The van der Waals surface area contributed by atoms with E-state index in [9.17, 15) is 14.7 Å². The first-order chi connectivity index (χ1) is 27.4. The van der Waals surface area contributed by atoms with Gasteiger partial charge < -0.3 is 35.0 Å². The maximum atomic E-state index is 12.6. The Bertz CT molecular complexity index is 914. The van der Waals surface area contributed by atoms with Gasteiger partial charge in [0.25, 0.3) is 5.17 Å². The molecule has 0 aliphatic carbocycles. The quantitative estimate of drug-likeness (QED) is 0.0205. The van der Waals surface area contributed by atoms with Gasteiger partial charge in [-0.3, -0.25) is 9.59 Å². The molecule has 0 aromatic rings. The van der Waals surface area contributed by atoms with Crippen LogP contribution in [-0.2, 0) is 19.1 Å². The minimum absolute atomic E-state index is 0.0267. The molecule has 4 N–H and O–H groups in total. The normalized spacial score (nSPS) is 11.8. The smallest absolute Gasteiger partial charge is 0.306 e. The second kappa shape index (κ2) is 47.4. The number of rotatable bonds is 40. The molecule has 0 amide bonds. The number of unbranched alkanes of at least 4 members (excludes halogenated alkanes) is 22. The van der Waals surface area contributed by atoms with Crippen molar-refractivity contribution < 1.29 is 34.4 Å². The lowest BCUT2D eigenvalue weighted by Crippen LogP contribution is -2.40. The number of ether oxygens (including phenoxy) is 2. The zero-order chi connectivity index (χ0) is 41.6. The first-order valence-electron chi connectivity index (χ1n) is 22.9. The van der Waals surface area contributed by atoms with E-state index in [2.05, 4.69) is 43.5 Å². The number of likely N-dealkylation sites (N-methyl/N-ethyl adjacent to an activating group) is 1. The largest absolute Gasteiger partial charge is 0.486 e. The summed E-state index contributed by atoms with van der Waals surface area (Å²) in [6.45, 7) is 8.45. The molecule has 0 aliphatic rings. The minimum Gasteiger partial charge on any atom is -0.486 e. The van der Waals surface area contributed by atoms with Gasteiger partial charge in [0.1, 0.15) is 6.61 Å². The molecule has 0 rings (SSSR count). The van der Waals surface area contributed by atoms with Crippen LogP contribution in [0.3, 0.4) is 0 Å². The zero-order valence-electron chi connectivity index (χ0n) is 36.5. The molecule has 10 heteroatoms. The Morgan fingerprint density at radius 1 is 0.589 bits per heavy atom. The van der Waals surface area contributed by atoms with Crippen molar-refractivity contribution in [3.63, 3.8) is 0 Å². The summed E-state index contributed by atoms with van der Waals surface area (Å²) >= 11 is 4.93. The monoisotopic (exact) mass is 813 g/mol. The summed E-state index contributed by atoms with van der Waals surface area (Å²) in [4.78, 5) is 26.6. The third-order valence-corrected chi connectivity index (χ3v) is 9.93. The molecule has 0 fully saturated rings. The summed E-state index contributed by atoms with van der Waals surface area (Å²) in [6, 6.07) is 0.